The van der Waals surface area contributed by atoms with Crippen LogP contribution in [0, 0.1) is 0 Å². The van der Waals surface area contributed by atoms with Gasteiger partial charge in [-0.3, -0.25) is 9.78 Å². The number of anilines is 1. The number of para-hydroxylation sites is 1. The Labute approximate surface area is 183 Å². The fourth-order valence-corrected chi connectivity index (χ4v) is 3.73. The first-order chi connectivity index (χ1) is 15.7. The third kappa shape index (κ3) is 3.92. The van der Waals surface area contributed by atoms with Gasteiger partial charge in [0, 0.05) is 26.2 Å². The van der Waals surface area contributed by atoms with E-state index in [1.165, 1.54) is 6.20 Å². The van der Waals surface area contributed by atoms with Crippen molar-refractivity contribution in [3.05, 3.63) is 82.8 Å². The Hall–Kier alpha value is -4.14. The highest BCUT2D eigenvalue weighted by Gasteiger charge is 2.24. The molecular weight excluding hydrogens is 408 g/mol. The maximum atomic E-state index is 12.6. The topological polar surface area (TPSA) is 96.3 Å². The Kier molecular flexibility index (Phi) is 5.29. The van der Waals surface area contributed by atoms with Gasteiger partial charge < -0.3 is 14.5 Å². The smallest absolute Gasteiger partial charge is 0.410 e. The molecule has 9 nitrogen and oxygen atoms in total. The molecule has 0 atom stereocenters. The van der Waals surface area contributed by atoms with E-state index in [0.717, 1.165) is 11.3 Å². The molecule has 0 unspecified atom stereocenters. The summed E-state index contributed by atoms with van der Waals surface area (Å²) in [5, 5.41) is 4.77. The minimum atomic E-state index is -0.340. The molecule has 2 aromatic carbocycles. The second-order valence-electron chi connectivity index (χ2n) is 7.53. The first-order valence-corrected chi connectivity index (χ1v) is 10.4. The Morgan fingerprint density at radius 2 is 1.66 bits per heavy atom. The quantitative estimate of drug-likeness (QED) is 0.535. The molecule has 5 rings (SSSR count). The number of fused-ring (bicyclic) bond motifs is 1. The first kappa shape index (κ1) is 19.8. The predicted octanol–water partition coefficient (Wildman–Crippen LogP) is 2.57. The summed E-state index contributed by atoms with van der Waals surface area (Å²) < 4.78 is 7.08. The molecule has 9 heteroatoms. The van der Waals surface area contributed by atoms with Crippen molar-refractivity contribution in [2.75, 3.05) is 31.1 Å². The summed E-state index contributed by atoms with van der Waals surface area (Å²) in [6, 6.07) is 19.2. The molecule has 0 radical (unpaired) electrons. The second kappa shape index (κ2) is 8.54. The van der Waals surface area contributed by atoms with Gasteiger partial charge in [0.2, 0.25) is 5.95 Å². The number of ether oxygens (including phenoxy) is 1. The largest absolute Gasteiger partial charge is 0.445 e. The van der Waals surface area contributed by atoms with Gasteiger partial charge in [-0.25, -0.2) is 9.48 Å². The number of rotatable bonds is 4. The summed E-state index contributed by atoms with van der Waals surface area (Å²) in [7, 11) is 0. The van der Waals surface area contributed by atoms with Crippen LogP contribution < -0.4 is 10.5 Å². The van der Waals surface area contributed by atoms with Crippen LogP contribution >= 0.6 is 0 Å². The zero-order chi connectivity index (χ0) is 21.9. The molecule has 162 valence electrons. The molecule has 0 spiro atoms. The van der Waals surface area contributed by atoms with E-state index in [1.54, 1.807) is 9.58 Å². The highest BCUT2D eigenvalue weighted by molar-refractivity contribution is 5.76. The number of piperazine rings is 1. The molecule has 4 aromatic rings. The Bertz CT molecular complexity index is 1280. The van der Waals surface area contributed by atoms with E-state index in [4.69, 9.17) is 4.74 Å². The minimum absolute atomic E-state index is 0.239. The van der Waals surface area contributed by atoms with Gasteiger partial charge in [-0.05, 0) is 17.7 Å². The van der Waals surface area contributed by atoms with Crippen LogP contribution in [-0.2, 0) is 11.3 Å². The fraction of sp³-hybridized carbons (Fsp3) is 0.217. The van der Waals surface area contributed by atoms with E-state index in [2.05, 4.69) is 15.1 Å². The van der Waals surface area contributed by atoms with Gasteiger partial charge in [-0.15, -0.1) is 0 Å². The summed E-state index contributed by atoms with van der Waals surface area (Å²) >= 11 is 0. The average Bonchev–Trinajstić information content (AvgIpc) is 3.28. The highest BCUT2D eigenvalue weighted by atomic mass is 16.6. The Morgan fingerprint density at radius 1 is 0.969 bits per heavy atom. The van der Waals surface area contributed by atoms with Gasteiger partial charge in [0.25, 0.3) is 5.56 Å². The number of H-pyrrole nitrogens is 1. The molecule has 1 saturated heterocycles. The van der Waals surface area contributed by atoms with Crippen LogP contribution in [0.25, 0.3) is 16.7 Å². The lowest BCUT2D eigenvalue weighted by Crippen LogP contribution is -2.49. The number of nitrogens with one attached hydrogen (secondary N) is 1. The maximum Gasteiger partial charge on any atom is 0.410 e. The average molecular weight is 430 g/mol. The number of nitrogens with zero attached hydrogens (tertiary/aromatic N) is 5. The number of carbonyl (C=O) groups is 1. The molecule has 32 heavy (non-hydrogen) atoms. The van der Waals surface area contributed by atoms with Gasteiger partial charge in [0.05, 0.1) is 11.9 Å². The van der Waals surface area contributed by atoms with E-state index in [0.29, 0.717) is 43.2 Å². The van der Waals surface area contributed by atoms with E-state index >= 15 is 0 Å². The van der Waals surface area contributed by atoms with Gasteiger partial charge >= 0.3 is 6.09 Å². The highest BCUT2D eigenvalue weighted by Crippen LogP contribution is 2.17. The van der Waals surface area contributed by atoms with Crippen LogP contribution in [0.15, 0.2) is 71.7 Å². The summed E-state index contributed by atoms with van der Waals surface area (Å²) in [5.74, 6) is 0.470. The molecule has 1 N–H and O–H groups in total. The summed E-state index contributed by atoms with van der Waals surface area (Å²) in [4.78, 5) is 36.2. The second-order valence-corrected chi connectivity index (χ2v) is 7.53. The van der Waals surface area contributed by atoms with E-state index in [1.807, 2.05) is 65.6 Å². The summed E-state index contributed by atoms with van der Waals surface area (Å²) in [6.07, 6.45) is 1.19. The molecule has 0 saturated carbocycles. The minimum Gasteiger partial charge on any atom is -0.445 e. The van der Waals surface area contributed by atoms with Crippen molar-refractivity contribution >= 4 is 23.1 Å². The van der Waals surface area contributed by atoms with Crippen molar-refractivity contribution in [1.82, 2.24) is 24.6 Å². The number of hydrogen-bond acceptors (Lipinski definition) is 6. The van der Waals surface area contributed by atoms with E-state index in [9.17, 15) is 9.59 Å². The molecule has 1 fully saturated rings. The fourth-order valence-electron chi connectivity index (χ4n) is 3.73. The lowest BCUT2D eigenvalue weighted by Gasteiger charge is -2.34. The van der Waals surface area contributed by atoms with Crippen LogP contribution in [0.2, 0.25) is 0 Å². The zero-order valence-corrected chi connectivity index (χ0v) is 17.3. The SMILES string of the molecule is O=C(OCc1ccccc1)N1CCN(c2nc3c(cnn3-c3ccccc3)c(=O)[nH]2)CC1. The number of amides is 1. The predicted molar refractivity (Wildman–Crippen MR) is 120 cm³/mol. The molecule has 2 aromatic heterocycles. The van der Waals surface area contributed by atoms with E-state index in [-0.39, 0.29) is 18.3 Å². The standard InChI is InChI=1S/C23H22N6O3/c30-21-19-15-24-29(18-9-5-2-6-10-18)20(19)25-22(26-21)27-11-13-28(14-12-27)23(31)32-16-17-7-3-1-4-8-17/h1-10,15H,11-14,16H2,(H,25,26,30). The van der Waals surface area contributed by atoms with Crippen LogP contribution in [0.1, 0.15) is 5.56 Å². The van der Waals surface area contributed by atoms with Crippen molar-refractivity contribution < 1.29 is 9.53 Å². The first-order valence-electron chi connectivity index (χ1n) is 10.4. The summed E-state index contributed by atoms with van der Waals surface area (Å²) in [6.45, 7) is 2.28. The molecule has 1 aliphatic rings. The van der Waals surface area contributed by atoms with Crippen LogP contribution in [0.3, 0.4) is 0 Å². The van der Waals surface area contributed by atoms with Crippen LogP contribution in [0.5, 0.6) is 0 Å². The van der Waals surface area contributed by atoms with E-state index < -0.39 is 0 Å². The number of aromatic amines is 1. The lowest BCUT2D eigenvalue weighted by molar-refractivity contribution is 0.0941. The molecule has 3 heterocycles. The maximum absolute atomic E-state index is 12.6. The molecule has 1 aliphatic heterocycles. The van der Waals surface area contributed by atoms with Gasteiger partial charge in [-0.2, -0.15) is 10.1 Å². The molecule has 1 amide bonds. The molecule has 0 aliphatic carbocycles. The van der Waals surface area contributed by atoms with Crippen LogP contribution in [-0.4, -0.2) is 56.9 Å². The number of aromatic nitrogens is 4. The lowest BCUT2D eigenvalue weighted by atomic mass is 10.2. The van der Waals surface area contributed by atoms with Gasteiger partial charge in [-0.1, -0.05) is 48.5 Å². The third-order valence-electron chi connectivity index (χ3n) is 5.47. The van der Waals surface area contributed by atoms with Crippen molar-refractivity contribution in [2.45, 2.75) is 6.61 Å². The van der Waals surface area contributed by atoms with Crippen LogP contribution in [0.4, 0.5) is 10.7 Å². The Balaban J connectivity index is 1.29. The van der Waals surface area contributed by atoms with Crippen molar-refractivity contribution in [1.29, 1.82) is 0 Å². The summed E-state index contributed by atoms with van der Waals surface area (Å²) in [5.41, 5.74) is 2.04. The molecular formula is C23H22N6O3. The zero-order valence-electron chi connectivity index (χ0n) is 17.3. The third-order valence-corrected chi connectivity index (χ3v) is 5.47. The van der Waals surface area contributed by atoms with Gasteiger partial charge in [0.15, 0.2) is 5.65 Å². The number of carbonyl (C=O) groups excluding carboxylic acids is 1. The number of hydrogen-bond donors (Lipinski definition) is 1. The Morgan fingerprint density at radius 3 is 2.38 bits per heavy atom. The van der Waals surface area contributed by atoms with Crippen molar-refractivity contribution in [3.63, 3.8) is 0 Å². The van der Waals surface area contributed by atoms with Gasteiger partial charge in [0.1, 0.15) is 12.0 Å². The van der Waals surface area contributed by atoms with Crippen molar-refractivity contribution in [2.24, 2.45) is 0 Å². The molecule has 0 bridgehead atoms. The normalized spacial score (nSPS) is 14.0. The number of benzene rings is 2. The van der Waals surface area contributed by atoms with Crippen molar-refractivity contribution in [3.8, 4) is 5.69 Å². The monoisotopic (exact) mass is 430 g/mol.